The van der Waals surface area contributed by atoms with Gasteiger partial charge < -0.3 is 5.32 Å². The van der Waals surface area contributed by atoms with E-state index in [0.717, 1.165) is 30.0 Å². The van der Waals surface area contributed by atoms with Gasteiger partial charge in [0.25, 0.3) is 0 Å². The Hall–Kier alpha value is -0.910. The molecule has 1 atom stereocenters. The fraction of sp³-hybridized carbons (Fsp3) is 0.400. The van der Waals surface area contributed by atoms with E-state index >= 15 is 0 Å². The fourth-order valence-corrected chi connectivity index (χ4v) is 3.55. The van der Waals surface area contributed by atoms with Crippen molar-refractivity contribution < 1.29 is 4.39 Å². The lowest BCUT2D eigenvalue weighted by molar-refractivity contribution is 0.553. The molecule has 1 heterocycles. The van der Waals surface area contributed by atoms with Crippen LogP contribution in [0, 0.1) is 5.82 Å². The van der Waals surface area contributed by atoms with Crippen LogP contribution in [0.3, 0.4) is 0 Å². The van der Waals surface area contributed by atoms with Crippen LogP contribution >= 0.6 is 23.1 Å². The summed E-state index contributed by atoms with van der Waals surface area (Å²) in [5.41, 5.74) is 1.87. The second-order valence-electron chi connectivity index (χ2n) is 4.59. The third kappa shape index (κ3) is 5.23. The summed E-state index contributed by atoms with van der Waals surface area (Å²) < 4.78 is 13.2. The molecule has 0 saturated heterocycles. The van der Waals surface area contributed by atoms with Crippen molar-refractivity contribution in [2.24, 2.45) is 0 Å². The summed E-state index contributed by atoms with van der Waals surface area (Å²) in [4.78, 5) is 6.39. The summed E-state index contributed by atoms with van der Waals surface area (Å²) in [5.74, 6) is 0.761. The second-order valence-corrected chi connectivity index (χ2v) is 6.66. The molecule has 0 saturated carbocycles. The molecule has 2 rings (SSSR count). The van der Waals surface area contributed by atoms with Crippen LogP contribution in [-0.2, 0) is 6.42 Å². The number of benzene rings is 1. The van der Waals surface area contributed by atoms with Gasteiger partial charge in [-0.1, -0.05) is 13.0 Å². The van der Waals surface area contributed by atoms with E-state index in [1.54, 1.807) is 35.2 Å². The highest BCUT2D eigenvalue weighted by Gasteiger charge is 2.11. The highest BCUT2D eigenvalue weighted by molar-refractivity contribution is 7.99. The molecule has 0 spiro atoms. The van der Waals surface area contributed by atoms with Crippen LogP contribution in [0.4, 0.5) is 4.39 Å². The maximum Gasteiger partial charge on any atom is 0.124 e. The SMILES string of the molecule is CCCNC(CSc1cccc(F)c1)Cc1cncs1. The van der Waals surface area contributed by atoms with E-state index in [4.69, 9.17) is 0 Å². The van der Waals surface area contributed by atoms with Gasteiger partial charge in [-0.3, -0.25) is 4.98 Å². The highest BCUT2D eigenvalue weighted by Crippen LogP contribution is 2.21. The molecule has 0 fully saturated rings. The van der Waals surface area contributed by atoms with Gasteiger partial charge in [-0.2, -0.15) is 0 Å². The molecule has 2 nitrogen and oxygen atoms in total. The molecule has 5 heteroatoms. The largest absolute Gasteiger partial charge is 0.313 e. The second kappa shape index (κ2) is 8.39. The van der Waals surface area contributed by atoms with Crippen molar-refractivity contribution in [1.82, 2.24) is 10.3 Å². The van der Waals surface area contributed by atoms with Crippen molar-refractivity contribution in [2.75, 3.05) is 12.3 Å². The van der Waals surface area contributed by atoms with Gasteiger partial charge in [-0.05, 0) is 37.6 Å². The van der Waals surface area contributed by atoms with E-state index < -0.39 is 0 Å². The molecule has 0 aliphatic rings. The van der Waals surface area contributed by atoms with E-state index in [0.29, 0.717) is 6.04 Å². The molecule has 108 valence electrons. The zero-order valence-corrected chi connectivity index (χ0v) is 13.1. The number of hydrogen-bond donors (Lipinski definition) is 1. The molecule has 2 aromatic rings. The number of nitrogens with zero attached hydrogens (tertiary/aromatic N) is 1. The summed E-state index contributed by atoms with van der Waals surface area (Å²) in [6.45, 7) is 3.17. The predicted octanol–water partition coefficient (Wildman–Crippen LogP) is 3.99. The Morgan fingerprint density at radius 2 is 2.35 bits per heavy atom. The number of halogens is 1. The third-order valence-corrected chi connectivity index (χ3v) is 4.82. The monoisotopic (exact) mass is 310 g/mol. The number of thioether (sulfide) groups is 1. The van der Waals surface area contributed by atoms with E-state index in [1.165, 1.54) is 10.9 Å². The average Bonchev–Trinajstić information content (AvgIpc) is 2.95. The highest BCUT2D eigenvalue weighted by atomic mass is 32.2. The summed E-state index contributed by atoms with van der Waals surface area (Å²) in [5, 5.41) is 3.56. The summed E-state index contributed by atoms with van der Waals surface area (Å²) in [6, 6.07) is 7.18. The van der Waals surface area contributed by atoms with Gasteiger partial charge in [0.15, 0.2) is 0 Å². The standard InChI is InChI=1S/C15H19FN2S2/c1-2-6-18-13(8-15-9-17-11-20-15)10-19-14-5-3-4-12(16)7-14/h3-5,7,9,11,13,18H,2,6,8,10H2,1H3. The molecular formula is C15H19FN2S2. The van der Waals surface area contributed by atoms with Crippen LogP contribution < -0.4 is 5.32 Å². The van der Waals surface area contributed by atoms with Gasteiger partial charge in [-0.15, -0.1) is 23.1 Å². The number of hydrogen-bond acceptors (Lipinski definition) is 4. The molecule has 1 aromatic heterocycles. The van der Waals surface area contributed by atoms with Gasteiger partial charge in [-0.25, -0.2) is 4.39 Å². The Morgan fingerprint density at radius 3 is 3.05 bits per heavy atom. The first-order valence-electron chi connectivity index (χ1n) is 6.77. The Labute approximate surface area is 127 Å². The first-order chi connectivity index (χ1) is 9.78. The lowest BCUT2D eigenvalue weighted by Gasteiger charge is -2.17. The predicted molar refractivity (Wildman–Crippen MR) is 85.0 cm³/mol. The quantitative estimate of drug-likeness (QED) is 0.746. The minimum Gasteiger partial charge on any atom is -0.313 e. The van der Waals surface area contributed by atoms with Gasteiger partial charge in [0, 0.05) is 27.8 Å². The van der Waals surface area contributed by atoms with Crippen LogP contribution in [0.1, 0.15) is 18.2 Å². The maximum absolute atomic E-state index is 13.2. The molecule has 0 aliphatic carbocycles. The molecule has 0 bridgehead atoms. The maximum atomic E-state index is 13.2. The van der Waals surface area contributed by atoms with Crippen LogP contribution in [0.5, 0.6) is 0 Å². The molecule has 1 unspecified atom stereocenters. The average molecular weight is 310 g/mol. The summed E-state index contributed by atoms with van der Waals surface area (Å²) in [6.07, 6.45) is 4.02. The van der Waals surface area contributed by atoms with Crippen LogP contribution in [-0.4, -0.2) is 23.3 Å². The molecule has 0 radical (unpaired) electrons. The summed E-state index contributed by atoms with van der Waals surface area (Å²) in [7, 11) is 0. The third-order valence-electron chi connectivity index (χ3n) is 2.86. The van der Waals surface area contributed by atoms with Crippen molar-refractivity contribution in [3.63, 3.8) is 0 Å². The Morgan fingerprint density at radius 1 is 1.45 bits per heavy atom. The smallest absolute Gasteiger partial charge is 0.124 e. The van der Waals surface area contributed by atoms with Gasteiger partial charge in [0.2, 0.25) is 0 Å². The Kier molecular flexibility index (Phi) is 6.50. The molecule has 0 amide bonds. The van der Waals surface area contributed by atoms with Gasteiger partial charge in [0.05, 0.1) is 5.51 Å². The topological polar surface area (TPSA) is 24.9 Å². The minimum atomic E-state index is -0.171. The molecular weight excluding hydrogens is 291 g/mol. The summed E-state index contributed by atoms with van der Waals surface area (Å²) >= 11 is 3.39. The first-order valence-corrected chi connectivity index (χ1v) is 8.63. The normalized spacial score (nSPS) is 12.5. The molecule has 1 aromatic carbocycles. The molecule has 20 heavy (non-hydrogen) atoms. The van der Waals surface area contributed by atoms with E-state index in [1.807, 2.05) is 17.8 Å². The minimum absolute atomic E-state index is 0.171. The van der Waals surface area contributed by atoms with Crippen molar-refractivity contribution in [1.29, 1.82) is 0 Å². The molecule has 0 aliphatic heterocycles. The number of nitrogens with one attached hydrogen (secondary N) is 1. The van der Waals surface area contributed by atoms with Gasteiger partial charge >= 0.3 is 0 Å². The zero-order chi connectivity index (χ0) is 14.2. The number of aromatic nitrogens is 1. The van der Waals surface area contributed by atoms with Crippen molar-refractivity contribution >= 4 is 23.1 Å². The zero-order valence-electron chi connectivity index (χ0n) is 11.5. The Bertz CT molecular complexity index is 502. The van der Waals surface area contributed by atoms with Gasteiger partial charge in [0.1, 0.15) is 5.82 Å². The van der Waals surface area contributed by atoms with E-state index in [9.17, 15) is 4.39 Å². The Balaban J connectivity index is 1.89. The number of thiazole rings is 1. The first kappa shape index (κ1) is 15.5. The van der Waals surface area contributed by atoms with E-state index in [-0.39, 0.29) is 5.82 Å². The molecule has 1 N–H and O–H groups in total. The lowest BCUT2D eigenvalue weighted by atomic mass is 10.2. The van der Waals surface area contributed by atoms with Crippen molar-refractivity contribution in [2.45, 2.75) is 30.7 Å². The fourth-order valence-electron chi connectivity index (χ4n) is 1.88. The number of rotatable bonds is 8. The van der Waals surface area contributed by atoms with Crippen molar-refractivity contribution in [3.05, 3.63) is 46.7 Å². The van der Waals surface area contributed by atoms with Crippen LogP contribution in [0.25, 0.3) is 0 Å². The van der Waals surface area contributed by atoms with Crippen molar-refractivity contribution in [3.8, 4) is 0 Å². The van der Waals surface area contributed by atoms with Crippen LogP contribution in [0.2, 0.25) is 0 Å². The van der Waals surface area contributed by atoms with Crippen LogP contribution in [0.15, 0.2) is 40.9 Å². The lowest BCUT2D eigenvalue weighted by Crippen LogP contribution is -2.33. The van der Waals surface area contributed by atoms with E-state index in [2.05, 4.69) is 17.2 Å².